The molecule has 5 heteroatoms. The van der Waals surface area contributed by atoms with Crippen LogP contribution in [0.4, 0.5) is 5.69 Å². The molecule has 0 spiro atoms. The van der Waals surface area contributed by atoms with Crippen molar-refractivity contribution < 1.29 is 14.3 Å². The van der Waals surface area contributed by atoms with Crippen LogP contribution in [0.25, 0.3) is 0 Å². The van der Waals surface area contributed by atoms with E-state index >= 15 is 0 Å². The van der Waals surface area contributed by atoms with Gasteiger partial charge in [0.2, 0.25) is 0 Å². The minimum absolute atomic E-state index is 0.187. The molecule has 1 aliphatic carbocycles. The Balaban J connectivity index is 1.59. The predicted molar refractivity (Wildman–Crippen MR) is 75.9 cm³/mol. The lowest BCUT2D eigenvalue weighted by atomic mass is 10.1. The van der Waals surface area contributed by atoms with E-state index in [0.29, 0.717) is 24.6 Å². The third kappa shape index (κ3) is 5.30. The molecule has 20 heavy (non-hydrogen) atoms. The Hall–Kier alpha value is -2.04. The summed E-state index contributed by atoms with van der Waals surface area (Å²) in [5.74, 6) is 0.0429. The van der Waals surface area contributed by atoms with E-state index in [1.165, 1.54) is 12.8 Å². The maximum Gasteiger partial charge on any atom is 0.306 e. The Labute approximate surface area is 118 Å². The number of carbonyl (C=O) groups is 2. The number of amides is 1. The van der Waals surface area contributed by atoms with E-state index in [0.717, 1.165) is 5.56 Å². The molecule has 0 bridgehead atoms. The highest BCUT2D eigenvalue weighted by Crippen LogP contribution is 2.27. The lowest BCUT2D eigenvalue weighted by molar-refractivity contribution is -0.148. The van der Waals surface area contributed by atoms with Gasteiger partial charge in [0.05, 0.1) is 0 Å². The molecule has 1 saturated carbocycles. The van der Waals surface area contributed by atoms with Gasteiger partial charge in [-0.25, -0.2) is 0 Å². The van der Waals surface area contributed by atoms with Crippen LogP contribution in [-0.4, -0.2) is 25.0 Å². The van der Waals surface area contributed by atoms with Crippen molar-refractivity contribution in [2.75, 3.05) is 18.9 Å². The quantitative estimate of drug-likeness (QED) is 0.580. The fraction of sp³-hybridized carbons (Fsp3) is 0.467. The molecule has 0 saturated heterocycles. The molecule has 3 N–H and O–H groups in total. The number of hydrogen-bond acceptors (Lipinski definition) is 4. The van der Waals surface area contributed by atoms with E-state index < -0.39 is 0 Å². The number of rotatable bonds is 7. The van der Waals surface area contributed by atoms with Gasteiger partial charge in [0.1, 0.15) is 0 Å². The summed E-state index contributed by atoms with van der Waals surface area (Å²) in [7, 11) is 0. The molecule has 1 aromatic rings. The van der Waals surface area contributed by atoms with Crippen molar-refractivity contribution in [1.82, 2.24) is 5.32 Å². The van der Waals surface area contributed by atoms with Crippen LogP contribution in [-0.2, 0) is 20.7 Å². The third-order valence-electron chi connectivity index (χ3n) is 3.25. The number of nitrogens with two attached hydrogens (primary N) is 1. The highest BCUT2D eigenvalue weighted by molar-refractivity contribution is 5.80. The lowest BCUT2D eigenvalue weighted by Gasteiger charge is -2.06. The monoisotopic (exact) mass is 276 g/mol. The number of ether oxygens (including phenoxy) is 1. The van der Waals surface area contributed by atoms with E-state index in [1.807, 2.05) is 12.1 Å². The van der Waals surface area contributed by atoms with Gasteiger partial charge in [0.25, 0.3) is 5.91 Å². The van der Waals surface area contributed by atoms with Crippen LogP contribution in [0.3, 0.4) is 0 Å². The van der Waals surface area contributed by atoms with E-state index in [1.54, 1.807) is 12.1 Å². The molecule has 0 unspecified atom stereocenters. The Morgan fingerprint density at radius 3 is 2.60 bits per heavy atom. The van der Waals surface area contributed by atoms with Crippen molar-refractivity contribution in [3.8, 4) is 0 Å². The molecule has 0 aromatic heterocycles. The fourth-order valence-corrected chi connectivity index (χ4v) is 1.78. The lowest BCUT2D eigenvalue weighted by Crippen LogP contribution is -2.30. The third-order valence-corrected chi connectivity index (χ3v) is 3.25. The molecular weight excluding hydrogens is 256 g/mol. The zero-order chi connectivity index (χ0) is 14.4. The number of anilines is 1. The van der Waals surface area contributed by atoms with E-state index in [2.05, 4.69) is 5.32 Å². The van der Waals surface area contributed by atoms with E-state index in [4.69, 9.17) is 10.5 Å². The highest BCUT2D eigenvalue weighted by Gasteiger charge is 2.21. The topological polar surface area (TPSA) is 81.4 Å². The second-order valence-electron chi connectivity index (χ2n) is 5.15. The number of benzene rings is 1. The molecule has 0 heterocycles. The largest absolute Gasteiger partial charge is 0.456 e. The van der Waals surface area contributed by atoms with Crippen molar-refractivity contribution in [1.29, 1.82) is 0 Å². The summed E-state index contributed by atoms with van der Waals surface area (Å²) >= 11 is 0. The molecule has 5 nitrogen and oxygen atoms in total. The van der Waals surface area contributed by atoms with Crippen molar-refractivity contribution >= 4 is 17.6 Å². The van der Waals surface area contributed by atoms with Gasteiger partial charge in [0, 0.05) is 18.7 Å². The van der Waals surface area contributed by atoms with Gasteiger partial charge in [-0.3, -0.25) is 9.59 Å². The molecule has 1 fully saturated rings. The molecule has 0 atom stereocenters. The van der Waals surface area contributed by atoms with E-state index in [9.17, 15) is 9.59 Å². The SMILES string of the molecule is Nc1ccc(CCC(=O)OCC(=O)NCC2CC2)cc1. The minimum atomic E-state index is -0.358. The second kappa shape index (κ2) is 6.93. The fourth-order valence-electron chi connectivity index (χ4n) is 1.78. The summed E-state index contributed by atoms with van der Waals surface area (Å²) in [6.07, 6.45) is 3.21. The van der Waals surface area contributed by atoms with Gasteiger partial charge in [-0.2, -0.15) is 0 Å². The summed E-state index contributed by atoms with van der Waals surface area (Å²) in [6.45, 7) is 0.509. The average molecular weight is 276 g/mol. The van der Waals surface area contributed by atoms with Crippen LogP contribution in [0, 0.1) is 5.92 Å². The summed E-state index contributed by atoms with van der Waals surface area (Å²) in [4.78, 5) is 22.9. The summed E-state index contributed by atoms with van der Waals surface area (Å²) in [5.41, 5.74) is 7.30. The average Bonchev–Trinajstić information content (AvgIpc) is 3.26. The molecule has 2 rings (SSSR count). The molecule has 0 aliphatic heterocycles. The Morgan fingerprint density at radius 2 is 1.95 bits per heavy atom. The second-order valence-corrected chi connectivity index (χ2v) is 5.15. The van der Waals surface area contributed by atoms with Gasteiger partial charge >= 0.3 is 5.97 Å². The van der Waals surface area contributed by atoms with Gasteiger partial charge in [0.15, 0.2) is 6.61 Å². The van der Waals surface area contributed by atoms with Gasteiger partial charge in [-0.05, 0) is 42.9 Å². The highest BCUT2D eigenvalue weighted by atomic mass is 16.5. The van der Waals surface area contributed by atoms with Crippen LogP contribution in [0.2, 0.25) is 0 Å². The molecule has 108 valence electrons. The van der Waals surface area contributed by atoms with Crippen molar-refractivity contribution in [2.45, 2.75) is 25.7 Å². The minimum Gasteiger partial charge on any atom is -0.456 e. The maximum atomic E-state index is 11.5. The van der Waals surface area contributed by atoms with Crippen molar-refractivity contribution in [3.05, 3.63) is 29.8 Å². The van der Waals surface area contributed by atoms with Crippen molar-refractivity contribution in [3.63, 3.8) is 0 Å². The number of nitrogens with one attached hydrogen (secondary N) is 1. The number of carbonyl (C=O) groups excluding carboxylic acids is 2. The zero-order valence-corrected chi connectivity index (χ0v) is 11.4. The maximum absolute atomic E-state index is 11.5. The van der Waals surface area contributed by atoms with Gasteiger partial charge < -0.3 is 15.8 Å². The van der Waals surface area contributed by atoms with Crippen LogP contribution in [0.15, 0.2) is 24.3 Å². The first-order chi connectivity index (χ1) is 9.63. The smallest absolute Gasteiger partial charge is 0.306 e. The Bertz CT molecular complexity index is 467. The number of hydrogen-bond donors (Lipinski definition) is 2. The van der Waals surface area contributed by atoms with Crippen LogP contribution in [0.5, 0.6) is 0 Å². The predicted octanol–water partition coefficient (Wildman–Crippen LogP) is 1.27. The summed E-state index contributed by atoms with van der Waals surface area (Å²) in [6, 6.07) is 7.36. The standard InChI is InChI=1S/C15H20N2O3/c16-13-6-3-11(4-7-13)5-8-15(19)20-10-14(18)17-9-12-1-2-12/h3-4,6-7,12H,1-2,5,8-10,16H2,(H,17,18). The number of esters is 1. The van der Waals surface area contributed by atoms with E-state index in [-0.39, 0.29) is 24.9 Å². The number of aryl methyl sites for hydroxylation is 1. The molecule has 1 aliphatic rings. The van der Waals surface area contributed by atoms with Gasteiger partial charge in [-0.15, -0.1) is 0 Å². The van der Waals surface area contributed by atoms with Crippen LogP contribution >= 0.6 is 0 Å². The van der Waals surface area contributed by atoms with Crippen LogP contribution in [0.1, 0.15) is 24.8 Å². The summed E-state index contributed by atoms with van der Waals surface area (Å²) in [5, 5.41) is 2.75. The van der Waals surface area contributed by atoms with Crippen molar-refractivity contribution in [2.24, 2.45) is 5.92 Å². The normalized spacial score (nSPS) is 13.8. The Morgan fingerprint density at radius 1 is 1.25 bits per heavy atom. The van der Waals surface area contributed by atoms with Crippen LogP contribution < -0.4 is 11.1 Å². The molecule has 1 aromatic carbocycles. The first-order valence-corrected chi connectivity index (χ1v) is 6.90. The van der Waals surface area contributed by atoms with Gasteiger partial charge in [-0.1, -0.05) is 12.1 Å². The molecule has 1 amide bonds. The summed E-state index contributed by atoms with van der Waals surface area (Å²) < 4.78 is 4.93. The first kappa shape index (κ1) is 14.4. The Kier molecular flexibility index (Phi) is 4.98. The zero-order valence-electron chi connectivity index (χ0n) is 11.4. The number of nitrogen functional groups attached to an aromatic ring is 1. The molecular formula is C15H20N2O3. The molecule has 0 radical (unpaired) electrons. The first-order valence-electron chi connectivity index (χ1n) is 6.90.